The first-order valence-electron chi connectivity index (χ1n) is 8.84. The van der Waals surface area contributed by atoms with Crippen LogP contribution in [-0.2, 0) is 0 Å². The fourth-order valence-electron chi connectivity index (χ4n) is 2.38. The van der Waals surface area contributed by atoms with Gasteiger partial charge in [0, 0.05) is 25.3 Å². The Hall–Kier alpha value is -3.33. The minimum absolute atomic E-state index is 0.00356. The monoisotopic (exact) mass is 410 g/mol. The summed E-state index contributed by atoms with van der Waals surface area (Å²) in [5.41, 5.74) is 5.50. The SMILES string of the molecule is COc1ccc(C(=O)CSc2n[nH]c(N/N=C\c3ccc(N(C)C)cc3)n2)cc1. The Morgan fingerprint density at radius 2 is 1.93 bits per heavy atom. The van der Waals surface area contributed by atoms with E-state index in [0.717, 1.165) is 11.3 Å². The molecule has 0 spiro atoms. The van der Waals surface area contributed by atoms with Crippen molar-refractivity contribution >= 4 is 35.4 Å². The van der Waals surface area contributed by atoms with Crippen molar-refractivity contribution in [3.63, 3.8) is 0 Å². The van der Waals surface area contributed by atoms with Crippen molar-refractivity contribution in [1.29, 1.82) is 0 Å². The molecule has 3 rings (SSSR count). The number of H-pyrrole nitrogens is 1. The van der Waals surface area contributed by atoms with Gasteiger partial charge in [0.15, 0.2) is 5.78 Å². The molecule has 2 N–H and O–H groups in total. The van der Waals surface area contributed by atoms with Crippen molar-refractivity contribution in [2.75, 3.05) is 37.3 Å². The third-order valence-corrected chi connectivity index (χ3v) is 4.85. The number of carbonyl (C=O) groups is 1. The molecule has 2 aromatic carbocycles. The molecular weight excluding hydrogens is 388 g/mol. The number of rotatable bonds is 9. The van der Waals surface area contributed by atoms with Crippen molar-refractivity contribution in [3.8, 4) is 5.75 Å². The topological polar surface area (TPSA) is 95.5 Å². The fraction of sp³-hybridized carbons (Fsp3) is 0.200. The van der Waals surface area contributed by atoms with E-state index in [9.17, 15) is 4.79 Å². The van der Waals surface area contributed by atoms with Gasteiger partial charge in [0.25, 0.3) is 0 Å². The van der Waals surface area contributed by atoms with E-state index in [-0.39, 0.29) is 11.5 Å². The second-order valence-corrected chi connectivity index (χ2v) is 7.21. The van der Waals surface area contributed by atoms with E-state index in [0.29, 0.717) is 22.4 Å². The van der Waals surface area contributed by atoms with Crippen molar-refractivity contribution in [2.24, 2.45) is 5.10 Å². The summed E-state index contributed by atoms with van der Waals surface area (Å²) in [6.45, 7) is 0. The maximum absolute atomic E-state index is 12.2. The summed E-state index contributed by atoms with van der Waals surface area (Å²) < 4.78 is 5.10. The summed E-state index contributed by atoms with van der Waals surface area (Å²) >= 11 is 1.26. The summed E-state index contributed by atoms with van der Waals surface area (Å²) in [4.78, 5) is 18.5. The quantitative estimate of drug-likeness (QED) is 0.242. The molecule has 3 aromatic rings. The maximum Gasteiger partial charge on any atom is 0.240 e. The van der Waals surface area contributed by atoms with Gasteiger partial charge in [-0.2, -0.15) is 10.1 Å². The molecule has 0 saturated heterocycles. The molecule has 9 heteroatoms. The van der Waals surface area contributed by atoms with Crippen LogP contribution in [-0.4, -0.2) is 54.1 Å². The van der Waals surface area contributed by atoms with Gasteiger partial charge >= 0.3 is 0 Å². The highest BCUT2D eigenvalue weighted by molar-refractivity contribution is 7.99. The fourth-order valence-corrected chi connectivity index (χ4v) is 3.07. The zero-order chi connectivity index (χ0) is 20.6. The number of anilines is 2. The third kappa shape index (κ3) is 5.82. The largest absolute Gasteiger partial charge is 0.497 e. The van der Waals surface area contributed by atoms with Crippen molar-refractivity contribution < 1.29 is 9.53 Å². The van der Waals surface area contributed by atoms with E-state index in [1.54, 1.807) is 37.6 Å². The van der Waals surface area contributed by atoms with Crippen LogP contribution in [0.2, 0.25) is 0 Å². The number of nitrogens with one attached hydrogen (secondary N) is 2. The molecule has 29 heavy (non-hydrogen) atoms. The Balaban J connectivity index is 1.49. The summed E-state index contributed by atoms with van der Waals surface area (Å²) in [6.07, 6.45) is 1.70. The van der Waals surface area contributed by atoms with Crippen LogP contribution in [0.4, 0.5) is 11.6 Å². The number of benzene rings is 2. The number of aromatic amines is 1. The van der Waals surface area contributed by atoms with Crippen molar-refractivity contribution in [3.05, 3.63) is 59.7 Å². The molecule has 0 aliphatic carbocycles. The van der Waals surface area contributed by atoms with Crippen LogP contribution in [0, 0.1) is 0 Å². The van der Waals surface area contributed by atoms with E-state index in [4.69, 9.17) is 4.74 Å². The number of aromatic nitrogens is 3. The molecule has 0 fully saturated rings. The summed E-state index contributed by atoms with van der Waals surface area (Å²) in [5, 5.41) is 11.5. The average Bonchev–Trinajstić information content (AvgIpc) is 3.20. The van der Waals surface area contributed by atoms with Gasteiger partial charge in [0.05, 0.1) is 19.1 Å². The molecule has 1 heterocycles. The minimum Gasteiger partial charge on any atom is -0.497 e. The minimum atomic E-state index is -0.00356. The molecular formula is C20H22N6O2S. The lowest BCUT2D eigenvalue weighted by Gasteiger charge is -2.11. The molecule has 0 amide bonds. The van der Waals surface area contributed by atoms with Gasteiger partial charge in [-0.25, -0.2) is 10.5 Å². The summed E-state index contributed by atoms with van der Waals surface area (Å²) in [6, 6.07) is 15.0. The Morgan fingerprint density at radius 1 is 1.21 bits per heavy atom. The molecule has 0 saturated carbocycles. The number of methoxy groups -OCH3 is 1. The molecule has 0 aliphatic rings. The Morgan fingerprint density at radius 3 is 2.59 bits per heavy atom. The predicted molar refractivity (Wildman–Crippen MR) is 116 cm³/mol. The van der Waals surface area contributed by atoms with Crippen LogP contribution in [0.3, 0.4) is 0 Å². The van der Waals surface area contributed by atoms with Gasteiger partial charge in [0.2, 0.25) is 11.1 Å². The summed E-state index contributed by atoms with van der Waals surface area (Å²) in [5.74, 6) is 1.36. The molecule has 0 aliphatic heterocycles. The van der Waals surface area contributed by atoms with Crippen LogP contribution in [0.15, 0.2) is 58.8 Å². The number of Topliss-reactive ketones (excluding diaryl/α,β-unsaturated/α-hetero) is 1. The number of ketones is 1. The molecule has 0 bridgehead atoms. The van der Waals surface area contributed by atoms with E-state index >= 15 is 0 Å². The van der Waals surface area contributed by atoms with Gasteiger partial charge in [0.1, 0.15) is 5.75 Å². The molecule has 1 aromatic heterocycles. The first-order valence-corrected chi connectivity index (χ1v) is 9.82. The lowest BCUT2D eigenvalue weighted by atomic mass is 10.1. The second kappa shape index (κ2) is 9.74. The van der Waals surface area contributed by atoms with E-state index in [2.05, 4.69) is 25.7 Å². The maximum atomic E-state index is 12.2. The number of ether oxygens (including phenoxy) is 1. The number of nitrogens with zero attached hydrogens (tertiary/aromatic N) is 4. The van der Waals surface area contributed by atoms with Crippen LogP contribution in [0.25, 0.3) is 0 Å². The van der Waals surface area contributed by atoms with E-state index < -0.39 is 0 Å². The van der Waals surface area contributed by atoms with Gasteiger partial charge in [-0.3, -0.25) is 4.79 Å². The van der Waals surface area contributed by atoms with E-state index in [1.807, 2.05) is 43.3 Å². The lowest BCUT2D eigenvalue weighted by Crippen LogP contribution is -2.08. The average molecular weight is 411 g/mol. The van der Waals surface area contributed by atoms with Crippen LogP contribution in [0.5, 0.6) is 5.75 Å². The highest BCUT2D eigenvalue weighted by Gasteiger charge is 2.10. The molecule has 0 atom stereocenters. The second-order valence-electron chi connectivity index (χ2n) is 6.26. The number of thioether (sulfide) groups is 1. The smallest absolute Gasteiger partial charge is 0.240 e. The van der Waals surface area contributed by atoms with Crippen LogP contribution >= 0.6 is 11.8 Å². The number of hydrogen-bond donors (Lipinski definition) is 2. The van der Waals surface area contributed by atoms with Crippen molar-refractivity contribution in [2.45, 2.75) is 5.16 Å². The molecule has 0 radical (unpaired) electrons. The predicted octanol–water partition coefficient (Wildman–Crippen LogP) is 3.30. The highest BCUT2D eigenvalue weighted by Crippen LogP contribution is 2.18. The standard InChI is InChI=1S/C20H22N6O2S/c1-26(2)16-8-4-14(5-9-16)12-21-23-19-22-20(25-24-19)29-13-18(27)15-6-10-17(28-3)11-7-15/h4-12H,13H2,1-3H3,(H2,22,23,24,25)/b21-12-. The third-order valence-electron chi connectivity index (χ3n) is 4.00. The van der Waals surface area contributed by atoms with Crippen LogP contribution in [0.1, 0.15) is 15.9 Å². The first kappa shape index (κ1) is 20.4. The Kier molecular flexibility index (Phi) is 6.85. The van der Waals surface area contributed by atoms with Gasteiger partial charge in [-0.05, 0) is 42.0 Å². The number of hydrazone groups is 1. The summed E-state index contributed by atoms with van der Waals surface area (Å²) in [7, 11) is 5.58. The van der Waals surface area contributed by atoms with Crippen LogP contribution < -0.4 is 15.1 Å². The first-order chi connectivity index (χ1) is 14.0. The van der Waals surface area contributed by atoms with Gasteiger partial charge < -0.3 is 9.64 Å². The van der Waals surface area contributed by atoms with E-state index in [1.165, 1.54) is 11.8 Å². The zero-order valence-corrected chi connectivity index (χ0v) is 17.2. The number of hydrogen-bond acceptors (Lipinski definition) is 8. The molecule has 150 valence electrons. The Labute approximate surface area is 173 Å². The normalized spacial score (nSPS) is 10.9. The lowest BCUT2D eigenvalue weighted by molar-refractivity contribution is 0.102. The molecule has 8 nitrogen and oxygen atoms in total. The number of carbonyl (C=O) groups excluding carboxylic acids is 1. The van der Waals surface area contributed by atoms with Gasteiger partial charge in [-0.1, -0.05) is 23.9 Å². The zero-order valence-electron chi connectivity index (χ0n) is 16.4. The molecule has 0 unspecified atom stereocenters. The van der Waals surface area contributed by atoms with Gasteiger partial charge in [-0.15, -0.1) is 5.10 Å². The highest BCUT2D eigenvalue weighted by atomic mass is 32.2. The van der Waals surface area contributed by atoms with Crippen molar-refractivity contribution in [1.82, 2.24) is 15.2 Å². The Bertz CT molecular complexity index is 967.